The summed E-state index contributed by atoms with van der Waals surface area (Å²) in [5.74, 6) is 0. The first-order valence-corrected chi connectivity index (χ1v) is 4.19. The molecule has 0 rings (SSSR count). The van der Waals surface area contributed by atoms with Gasteiger partial charge in [0.2, 0.25) is 0 Å². The van der Waals surface area contributed by atoms with Crippen molar-refractivity contribution in [2.24, 2.45) is 0 Å². The molecule has 0 radical (unpaired) electrons. The van der Waals surface area contributed by atoms with Crippen molar-refractivity contribution < 1.29 is 35.0 Å². The first kappa shape index (κ1) is 131. The van der Waals surface area contributed by atoms with E-state index in [0.717, 1.165) is 0 Å². The van der Waals surface area contributed by atoms with Gasteiger partial charge in [0, 0.05) is 0 Å². The molecule has 0 amide bonds. The third kappa shape index (κ3) is 190. The van der Waals surface area contributed by atoms with E-state index < -0.39 is 20.8 Å². The van der Waals surface area contributed by atoms with E-state index in [1.807, 2.05) is 0 Å². The molecule has 0 atom stereocenters. The zero-order chi connectivity index (χ0) is 9.00. The van der Waals surface area contributed by atoms with E-state index in [2.05, 4.69) is 0 Å². The van der Waals surface area contributed by atoms with Crippen LogP contribution in [0.5, 0.6) is 0 Å². The van der Waals surface area contributed by atoms with Gasteiger partial charge in [0.05, 0.1) is 0 Å². The maximum absolute atomic E-state index is 8.74. The van der Waals surface area contributed by atoms with Gasteiger partial charge >= 0.3 is 946 Å². The second-order valence-corrected chi connectivity index (χ2v) is 2.69. The van der Waals surface area contributed by atoms with E-state index in [0.29, 0.717) is 0 Å². The predicted molar refractivity (Wildman–Crippen MR) is 157 cm³/mol. The quantitative estimate of drug-likeness (QED) is 0.139. The van der Waals surface area contributed by atoms with Gasteiger partial charge in [-0.1, -0.05) is 0 Å². The van der Waals surface area contributed by atoms with Crippen LogP contribution in [0.25, 0.3) is 0 Å². The van der Waals surface area contributed by atoms with Crippen LogP contribution in [-0.2, 0) is 20.8 Å². The molecule has 0 aliphatic rings. The van der Waals surface area contributed by atoms with E-state index >= 15 is 0 Å². The summed E-state index contributed by atoms with van der Waals surface area (Å²) in [6, 6.07) is 0. The summed E-state index contributed by atoms with van der Waals surface area (Å²) in [6.45, 7) is 0. The average molecular weight is 918 g/mol. The average Bonchev–Trinajstić information content (AvgIpc) is 1.12. The molecule has 4 N–H and O–H groups in total. The Morgan fingerprint density at radius 3 is 0.250 bits per heavy atom. The molecule has 8 nitrogen and oxygen atoms in total. The second kappa shape index (κ2) is 101. The van der Waals surface area contributed by atoms with Crippen molar-refractivity contribution in [2.75, 3.05) is 0 Å². The van der Waals surface area contributed by atoms with Crippen molar-refractivity contribution in [2.45, 2.75) is 0 Å². The molecule has 0 heterocycles. The summed E-state index contributed by atoms with van der Waals surface area (Å²) in [6.07, 6.45) is 0. The summed E-state index contributed by atoms with van der Waals surface area (Å²) in [4.78, 5) is 0. The van der Waals surface area contributed by atoms with Crippen molar-refractivity contribution >= 4 is 946 Å². The summed E-state index contributed by atoms with van der Waals surface area (Å²) < 4.78 is 63.2. The Kier molecular flexibility index (Phi) is 470. The molecule has 0 aromatic carbocycles. The minimum atomic E-state index is -4.67. The fourth-order valence-corrected chi connectivity index (χ4v) is 0. The second-order valence-electron chi connectivity index (χ2n) is 0.896. The van der Waals surface area contributed by atoms with Gasteiger partial charge in [0.1, 0.15) is 0 Å². The minimum absolute atomic E-state index is 0. The zero-order valence-corrected chi connectivity index (χ0v) is 5.87. The maximum atomic E-state index is 8.74. The summed E-state index contributed by atoms with van der Waals surface area (Å²) in [5, 5.41) is 0. The van der Waals surface area contributed by atoms with E-state index in [-0.39, 0.29) is 925 Å². The van der Waals surface area contributed by atoms with E-state index in [9.17, 15) is 0 Å². The Morgan fingerprint density at radius 2 is 0.250 bits per heavy atom. The Bertz CT molecular complexity index is 230. The first-order chi connectivity index (χ1) is 4.00. The fourth-order valence-electron chi connectivity index (χ4n) is 0. The third-order valence-corrected chi connectivity index (χ3v) is 0. The Balaban J connectivity index is -0.00000000155. The van der Waals surface area contributed by atoms with Gasteiger partial charge in [0.15, 0.2) is 0 Å². The van der Waals surface area contributed by atoms with Crippen LogP contribution in [0.2, 0.25) is 0 Å². The molecule has 0 bridgehead atoms. The van der Waals surface area contributed by atoms with Crippen LogP contribution in [0.15, 0.2) is 0 Å². The van der Waals surface area contributed by atoms with Crippen LogP contribution < -0.4 is 0 Å². The fraction of sp³-hybridized carbons (Fsp3) is 0. The van der Waals surface area contributed by atoms with Crippen LogP contribution in [-0.4, -0.2) is 960 Å². The van der Waals surface area contributed by atoms with Crippen LogP contribution >= 0.6 is 0 Å². The summed E-state index contributed by atoms with van der Waals surface area (Å²) in [5.41, 5.74) is 0. The molecule has 28 heavy (non-hydrogen) atoms. The molecular weight excluding hydrogens is 896 g/mol. The van der Waals surface area contributed by atoms with Gasteiger partial charge in [-0.15, -0.1) is 0 Å². The normalized spacial score (nSPS) is 4.14. The zero-order valence-electron chi connectivity index (χ0n) is 4.24. The van der Waals surface area contributed by atoms with Crippen molar-refractivity contribution in [3.63, 3.8) is 0 Å². The van der Waals surface area contributed by atoms with Crippen molar-refractivity contribution in [1.82, 2.24) is 0 Å². The van der Waals surface area contributed by atoms with E-state index in [4.69, 9.17) is 35.0 Å². The molecule has 28 heteroatoms. The third-order valence-electron chi connectivity index (χ3n) is 0. The predicted octanol–water partition coefficient (Wildman–Crippen LogP) is -13.0. The number of hydrogen-bond donors (Lipinski definition) is 4. The van der Waals surface area contributed by atoms with Crippen LogP contribution in [0.4, 0.5) is 0 Å². The monoisotopic (exact) mass is 915 g/mol. The van der Waals surface area contributed by atoms with Crippen LogP contribution in [0.3, 0.4) is 0 Å². The van der Waals surface area contributed by atoms with E-state index in [1.165, 1.54) is 0 Å². The van der Waals surface area contributed by atoms with Gasteiger partial charge in [-0.05, 0) is 0 Å². The summed E-state index contributed by atoms with van der Waals surface area (Å²) in [7, 11) is -9.33. The van der Waals surface area contributed by atoms with Crippen LogP contribution in [0.1, 0.15) is 0 Å². The van der Waals surface area contributed by atoms with Crippen molar-refractivity contribution in [3.8, 4) is 0 Å². The van der Waals surface area contributed by atoms with Crippen molar-refractivity contribution in [1.29, 1.82) is 0 Å². The molecule has 0 saturated carbocycles. The molecule has 0 aliphatic carbocycles. The molecule has 100 valence electrons. The molecule has 0 saturated heterocycles. The molecular formula is H22K18O8S2. The van der Waals surface area contributed by atoms with Crippen molar-refractivity contribution in [3.05, 3.63) is 0 Å². The van der Waals surface area contributed by atoms with E-state index in [1.54, 1.807) is 0 Å². The molecule has 0 spiro atoms. The Labute approximate surface area is 937 Å². The SMILES string of the molecule is O=S(=O)(O)O.O=S(=O)(O)O.[KH].[KH].[KH].[KH].[KH].[KH].[KH].[KH].[KH].[KH].[KH].[KH].[KH].[KH].[KH].[KH].[KH].[KH]. The Morgan fingerprint density at radius 1 is 0.250 bits per heavy atom. The summed E-state index contributed by atoms with van der Waals surface area (Å²) >= 11 is 0. The molecule has 0 aliphatic heterocycles. The number of hydrogen-bond acceptors (Lipinski definition) is 4. The first-order valence-electron chi connectivity index (χ1n) is 1.40. The van der Waals surface area contributed by atoms with Gasteiger partial charge in [-0.2, -0.15) is 16.8 Å². The Hall–Kier alpha value is 29.2. The van der Waals surface area contributed by atoms with Gasteiger partial charge in [-0.25, -0.2) is 0 Å². The van der Waals surface area contributed by atoms with Crippen LogP contribution in [0, 0.1) is 0 Å². The topological polar surface area (TPSA) is 149 Å². The molecule has 0 unspecified atom stereocenters. The molecule has 0 aromatic heterocycles. The molecule has 0 fully saturated rings. The molecule has 0 aromatic rings. The standard InChI is InChI=1S/18K.2H2O4S.18H/c;;;;;;;;;;;;;;;;;;2*1-5(2,3)4;;;;;;;;;;;;;;;;;;/h;;;;;;;;;;;;;;;;;;2*(H2,1,2,3,4);;;;;;;;;;;;;;;;;;. The van der Waals surface area contributed by atoms with Gasteiger partial charge in [-0.3, -0.25) is 18.2 Å². The van der Waals surface area contributed by atoms with Gasteiger partial charge < -0.3 is 0 Å². The number of rotatable bonds is 0. The van der Waals surface area contributed by atoms with Gasteiger partial charge in [0.25, 0.3) is 0 Å².